The van der Waals surface area contributed by atoms with Gasteiger partial charge in [-0.15, -0.1) is 11.3 Å². The molecule has 5 rings (SSSR count). The van der Waals surface area contributed by atoms with Crippen LogP contribution in [0.3, 0.4) is 0 Å². The van der Waals surface area contributed by atoms with Crippen LogP contribution in [-0.4, -0.2) is 33.4 Å². The van der Waals surface area contributed by atoms with Gasteiger partial charge in [-0.25, -0.2) is 9.36 Å². The number of carbonyl (C=O) groups excluding carboxylic acids is 1. The fourth-order valence-corrected chi connectivity index (χ4v) is 5.33. The summed E-state index contributed by atoms with van der Waals surface area (Å²) in [6.07, 6.45) is 3.44. The van der Waals surface area contributed by atoms with Crippen molar-refractivity contribution in [3.63, 3.8) is 0 Å². The number of nitrogens with one attached hydrogen (secondary N) is 1. The van der Waals surface area contributed by atoms with Gasteiger partial charge in [0.2, 0.25) is 5.91 Å². The van der Waals surface area contributed by atoms with Crippen molar-refractivity contribution in [1.82, 2.24) is 14.5 Å². The first kappa shape index (κ1) is 21.4. The zero-order valence-electron chi connectivity index (χ0n) is 18.2. The second kappa shape index (κ2) is 9.19. The number of carbonyl (C=O) groups is 1. The first-order valence-electron chi connectivity index (χ1n) is 11.2. The Kier molecular flexibility index (Phi) is 5.96. The number of aromatic amines is 1. The zero-order valence-corrected chi connectivity index (χ0v) is 19.0. The quantitative estimate of drug-likeness (QED) is 0.494. The number of fused-ring (bicyclic) bond motifs is 1. The number of hydrogen-bond acceptors (Lipinski definition) is 4. The van der Waals surface area contributed by atoms with E-state index in [9.17, 15) is 14.4 Å². The van der Waals surface area contributed by atoms with Gasteiger partial charge in [-0.3, -0.25) is 9.59 Å². The molecule has 1 aliphatic rings. The predicted molar refractivity (Wildman–Crippen MR) is 131 cm³/mol. The molecule has 1 saturated heterocycles. The molecule has 3 heterocycles. The summed E-state index contributed by atoms with van der Waals surface area (Å²) in [5.74, 6) is 0.740. The second-order valence-corrected chi connectivity index (χ2v) is 9.51. The van der Waals surface area contributed by atoms with Crippen molar-refractivity contribution in [2.45, 2.75) is 25.7 Å². The molecule has 6 nitrogen and oxygen atoms in total. The smallest absolute Gasteiger partial charge is 0.333 e. The number of benzene rings is 2. The van der Waals surface area contributed by atoms with Gasteiger partial charge < -0.3 is 9.88 Å². The summed E-state index contributed by atoms with van der Waals surface area (Å²) in [5.41, 5.74) is 2.49. The number of thiophene rings is 1. The third-order valence-corrected chi connectivity index (χ3v) is 7.29. The lowest BCUT2D eigenvalue weighted by Gasteiger charge is -2.32. The van der Waals surface area contributed by atoms with E-state index < -0.39 is 5.69 Å². The predicted octanol–water partition coefficient (Wildman–Crippen LogP) is 3.76. The third-order valence-electron chi connectivity index (χ3n) is 6.39. The lowest BCUT2D eigenvalue weighted by Crippen LogP contribution is -2.39. The van der Waals surface area contributed by atoms with E-state index in [0.717, 1.165) is 42.5 Å². The summed E-state index contributed by atoms with van der Waals surface area (Å²) in [6.45, 7) is 1.58. The van der Waals surface area contributed by atoms with Gasteiger partial charge in [0, 0.05) is 13.1 Å². The molecule has 2 aromatic carbocycles. The van der Waals surface area contributed by atoms with E-state index in [1.807, 2.05) is 23.1 Å². The average molecular weight is 460 g/mol. The van der Waals surface area contributed by atoms with Crippen molar-refractivity contribution in [3.8, 4) is 5.69 Å². The maximum Gasteiger partial charge on any atom is 0.333 e. The summed E-state index contributed by atoms with van der Waals surface area (Å²) in [6, 6.07) is 19.3. The lowest BCUT2D eigenvalue weighted by molar-refractivity contribution is -0.131. The van der Waals surface area contributed by atoms with Gasteiger partial charge in [0.15, 0.2) is 0 Å². The summed E-state index contributed by atoms with van der Waals surface area (Å²) in [4.78, 5) is 42.7. The molecule has 0 atom stereocenters. The molecule has 1 amide bonds. The summed E-state index contributed by atoms with van der Waals surface area (Å²) in [7, 11) is 0. The number of amides is 1. The van der Waals surface area contributed by atoms with Crippen LogP contribution in [-0.2, 0) is 17.6 Å². The number of piperidine rings is 1. The van der Waals surface area contributed by atoms with E-state index >= 15 is 0 Å². The molecule has 1 fully saturated rings. The number of likely N-dealkylation sites (tertiary alicyclic amines) is 1. The Morgan fingerprint density at radius 1 is 0.939 bits per heavy atom. The number of rotatable bonds is 5. The topological polar surface area (TPSA) is 75.2 Å². The van der Waals surface area contributed by atoms with Crippen LogP contribution in [0.1, 0.15) is 24.0 Å². The molecule has 168 valence electrons. The lowest BCUT2D eigenvalue weighted by atomic mass is 9.90. The first-order chi connectivity index (χ1) is 16.1. The van der Waals surface area contributed by atoms with E-state index in [-0.39, 0.29) is 11.5 Å². The van der Waals surface area contributed by atoms with Crippen molar-refractivity contribution in [3.05, 3.63) is 98.0 Å². The van der Waals surface area contributed by atoms with Crippen LogP contribution in [0.4, 0.5) is 0 Å². The SMILES string of the molecule is O=C(Cc1ccc(-n2c(=O)[nH]c3ccsc3c2=O)cc1)N1CCC(Cc2ccccc2)CC1. The fraction of sp³-hybridized carbons (Fsp3) is 0.269. The minimum atomic E-state index is -0.465. The van der Waals surface area contributed by atoms with Crippen LogP contribution in [0.5, 0.6) is 0 Å². The van der Waals surface area contributed by atoms with Crippen molar-refractivity contribution < 1.29 is 4.79 Å². The van der Waals surface area contributed by atoms with Crippen molar-refractivity contribution in [2.24, 2.45) is 5.92 Å². The van der Waals surface area contributed by atoms with Crippen LogP contribution >= 0.6 is 11.3 Å². The van der Waals surface area contributed by atoms with Gasteiger partial charge in [-0.2, -0.15) is 0 Å². The largest absolute Gasteiger partial charge is 0.342 e. The van der Waals surface area contributed by atoms with Gasteiger partial charge >= 0.3 is 5.69 Å². The number of H-pyrrole nitrogens is 1. The monoisotopic (exact) mass is 459 g/mol. The Bertz CT molecular complexity index is 1380. The Balaban J connectivity index is 1.22. The highest BCUT2D eigenvalue weighted by molar-refractivity contribution is 7.17. The molecular weight excluding hydrogens is 434 g/mol. The summed E-state index contributed by atoms with van der Waals surface area (Å²) < 4.78 is 1.66. The van der Waals surface area contributed by atoms with Crippen LogP contribution in [0.15, 0.2) is 75.6 Å². The van der Waals surface area contributed by atoms with Gasteiger partial charge in [-0.05, 0) is 59.9 Å². The minimum absolute atomic E-state index is 0.121. The summed E-state index contributed by atoms with van der Waals surface area (Å²) >= 11 is 1.31. The molecular formula is C26H25N3O3S. The van der Waals surface area contributed by atoms with Crippen molar-refractivity contribution in [2.75, 3.05) is 13.1 Å². The van der Waals surface area contributed by atoms with E-state index in [4.69, 9.17) is 0 Å². The molecule has 1 N–H and O–H groups in total. The van der Waals surface area contributed by atoms with Crippen LogP contribution < -0.4 is 11.2 Å². The highest BCUT2D eigenvalue weighted by Crippen LogP contribution is 2.22. The Morgan fingerprint density at radius 2 is 1.67 bits per heavy atom. The van der Waals surface area contributed by atoms with Gasteiger partial charge in [0.05, 0.1) is 17.6 Å². The van der Waals surface area contributed by atoms with E-state index in [0.29, 0.717) is 28.2 Å². The maximum atomic E-state index is 12.8. The molecule has 0 spiro atoms. The van der Waals surface area contributed by atoms with Crippen LogP contribution in [0.2, 0.25) is 0 Å². The van der Waals surface area contributed by atoms with Crippen molar-refractivity contribution in [1.29, 1.82) is 0 Å². The highest BCUT2D eigenvalue weighted by Gasteiger charge is 2.23. The molecule has 0 unspecified atom stereocenters. The summed E-state index contributed by atoms with van der Waals surface area (Å²) in [5, 5.41) is 1.78. The fourth-order valence-electron chi connectivity index (χ4n) is 4.56. The molecule has 0 saturated carbocycles. The number of nitrogens with zero attached hydrogens (tertiary/aromatic N) is 2. The van der Waals surface area contributed by atoms with E-state index in [1.54, 1.807) is 23.6 Å². The molecule has 0 aliphatic carbocycles. The molecule has 0 bridgehead atoms. The van der Waals surface area contributed by atoms with E-state index in [1.165, 1.54) is 16.9 Å². The van der Waals surface area contributed by atoms with Crippen molar-refractivity contribution >= 4 is 27.5 Å². The number of aromatic nitrogens is 2. The van der Waals surface area contributed by atoms with Crippen LogP contribution in [0.25, 0.3) is 15.9 Å². The molecule has 1 aliphatic heterocycles. The molecule has 7 heteroatoms. The molecule has 33 heavy (non-hydrogen) atoms. The maximum absolute atomic E-state index is 12.8. The first-order valence-corrected chi connectivity index (χ1v) is 12.1. The third kappa shape index (κ3) is 4.54. The van der Waals surface area contributed by atoms with Gasteiger partial charge in [-0.1, -0.05) is 42.5 Å². The Morgan fingerprint density at radius 3 is 2.39 bits per heavy atom. The zero-order chi connectivity index (χ0) is 22.8. The average Bonchev–Trinajstić information content (AvgIpc) is 3.30. The van der Waals surface area contributed by atoms with Gasteiger partial charge in [0.1, 0.15) is 4.70 Å². The molecule has 4 aromatic rings. The molecule has 0 radical (unpaired) electrons. The van der Waals surface area contributed by atoms with E-state index in [2.05, 4.69) is 29.2 Å². The Hall–Kier alpha value is -3.45. The normalized spacial score (nSPS) is 14.6. The van der Waals surface area contributed by atoms with Crippen LogP contribution in [0, 0.1) is 5.92 Å². The second-order valence-electron chi connectivity index (χ2n) is 8.59. The van der Waals surface area contributed by atoms with Gasteiger partial charge in [0.25, 0.3) is 5.56 Å². The number of hydrogen-bond donors (Lipinski definition) is 1. The highest BCUT2D eigenvalue weighted by atomic mass is 32.1. The molecule has 2 aromatic heterocycles. The minimum Gasteiger partial charge on any atom is -0.342 e. The standard InChI is InChI=1S/C26H25N3O3S/c30-23(28-13-10-20(11-14-28)16-18-4-2-1-3-5-18)17-19-6-8-21(9-7-19)29-25(31)24-22(12-15-33-24)27-26(29)32/h1-9,12,15,20H,10-11,13-14,16-17H2,(H,27,32). The Labute approximate surface area is 195 Å².